The Morgan fingerprint density at radius 3 is 2.60 bits per heavy atom. The van der Waals surface area contributed by atoms with Crippen LogP contribution in [0.15, 0.2) is 18.2 Å². The Labute approximate surface area is 127 Å². The minimum atomic E-state index is 0.0915. The fraction of sp³-hybridized carbons (Fsp3) is 0.562. The molecule has 0 bridgehead atoms. The van der Waals surface area contributed by atoms with Crippen LogP contribution in [0.3, 0.4) is 0 Å². The smallest absolute Gasteiger partial charge is 0.0992 e. The number of rotatable bonds is 7. The van der Waals surface area contributed by atoms with Crippen molar-refractivity contribution in [2.45, 2.75) is 33.7 Å². The lowest BCUT2D eigenvalue weighted by molar-refractivity contribution is 0.176. The summed E-state index contributed by atoms with van der Waals surface area (Å²) in [6.07, 6.45) is 1.09. The van der Waals surface area contributed by atoms with Crippen molar-refractivity contribution in [3.05, 3.63) is 34.3 Å². The molecule has 3 nitrogen and oxygen atoms in total. The van der Waals surface area contributed by atoms with E-state index < -0.39 is 0 Å². The van der Waals surface area contributed by atoms with Gasteiger partial charge in [0.05, 0.1) is 11.6 Å². The van der Waals surface area contributed by atoms with Gasteiger partial charge in [0.2, 0.25) is 0 Å². The number of benzene rings is 1. The van der Waals surface area contributed by atoms with E-state index in [2.05, 4.69) is 31.7 Å². The zero-order chi connectivity index (χ0) is 15.2. The molecule has 0 saturated heterocycles. The number of nitrogens with two attached hydrogens (primary N) is 1. The van der Waals surface area contributed by atoms with Gasteiger partial charge in [-0.05, 0) is 42.6 Å². The second-order valence-corrected chi connectivity index (χ2v) is 6.40. The van der Waals surface area contributed by atoms with Crippen LogP contribution in [0.2, 0.25) is 5.02 Å². The maximum atomic E-state index is 8.87. The third kappa shape index (κ3) is 5.13. The number of nitrogens with zero attached hydrogens (tertiary/aromatic N) is 2. The second-order valence-electron chi connectivity index (χ2n) is 6.00. The van der Waals surface area contributed by atoms with Crippen molar-refractivity contribution in [3.8, 4) is 6.07 Å². The third-order valence-electron chi connectivity index (χ3n) is 3.32. The predicted molar refractivity (Wildman–Crippen MR) is 84.6 cm³/mol. The van der Waals surface area contributed by atoms with Crippen LogP contribution in [-0.4, -0.2) is 24.5 Å². The molecule has 1 aromatic carbocycles. The molecule has 0 aliphatic carbocycles. The SMILES string of the molecule is CCCN(Cc1ccc(C#N)cc1Cl)CC(C)(C)CN. The van der Waals surface area contributed by atoms with E-state index in [1.54, 1.807) is 6.07 Å². The molecule has 0 aromatic heterocycles. The second kappa shape index (κ2) is 7.64. The Balaban J connectivity index is 2.83. The highest BCUT2D eigenvalue weighted by atomic mass is 35.5. The van der Waals surface area contributed by atoms with E-state index in [0.29, 0.717) is 17.1 Å². The van der Waals surface area contributed by atoms with Crippen LogP contribution in [0.4, 0.5) is 0 Å². The summed E-state index contributed by atoms with van der Waals surface area (Å²) in [5.74, 6) is 0. The summed E-state index contributed by atoms with van der Waals surface area (Å²) in [7, 11) is 0. The van der Waals surface area contributed by atoms with Crippen LogP contribution >= 0.6 is 11.6 Å². The van der Waals surface area contributed by atoms with Gasteiger partial charge in [-0.15, -0.1) is 0 Å². The van der Waals surface area contributed by atoms with Crippen molar-refractivity contribution in [1.29, 1.82) is 5.26 Å². The third-order valence-corrected chi connectivity index (χ3v) is 3.67. The van der Waals surface area contributed by atoms with E-state index in [1.165, 1.54) is 0 Å². The summed E-state index contributed by atoms with van der Waals surface area (Å²) in [6, 6.07) is 7.60. The van der Waals surface area contributed by atoms with Gasteiger partial charge in [0.1, 0.15) is 0 Å². The van der Waals surface area contributed by atoms with E-state index in [0.717, 1.165) is 31.6 Å². The number of hydrogen-bond donors (Lipinski definition) is 1. The first-order valence-electron chi connectivity index (χ1n) is 7.03. The van der Waals surface area contributed by atoms with Crippen molar-refractivity contribution < 1.29 is 0 Å². The van der Waals surface area contributed by atoms with Gasteiger partial charge in [-0.25, -0.2) is 0 Å². The lowest BCUT2D eigenvalue weighted by Gasteiger charge is -2.32. The van der Waals surface area contributed by atoms with Crippen LogP contribution in [0, 0.1) is 16.7 Å². The number of hydrogen-bond acceptors (Lipinski definition) is 3. The van der Waals surface area contributed by atoms with Crippen LogP contribution in [0.25, 0.3) is 0 Å². The Hall–Kier alpha value is -1.08. The summed E-state index contributed by atoms with van der Waals surface area (Å²) in [5, 5.41) is 9.53. The quantitative estimate of drug-likeness (QED) is 0.838. The molecule has 0 fully saturated rings. The molecule has 20 heavy (non-hydrogen) atoms. The molecule has 1 aromatic rings. The highest BCUT2D eigenvalue weighted by Gasteiger charge is 2.20. The normalized spacial score (nSPS) is 11.7. The molecule has 0 aliphatic rings. The van der Waals surface area contributed by atoms with Crippen molar-refractivity contribution in [2.75, 3.05) is 19.6 Å². The summed E-state index contributed by atoms with van der Waals surface area (Å²) in [4.78, 5) is 2.38. The van der Waals surface area contributed by atoms with Crippen LogP contribution in [-0.2, 0) is 6.54 Å². The van der Waals surface area contributed by atoms with Crippen LogP contribution < -0.4 is 5.73 Å². The first-order valence-corrected chi connectivity index (χ1v) is 7.40. The first-order chi connectivity index (χ1) is 9.41. The van der Waals surface area contributed by atoms with E-state index in [-0.39, 0.29) is 5.41 Å². The molecular weight excluding hydrogens is 270 g/mol. The minimum absolute atomic E-state index is 0.0915. The standard InChI is InChI=1S/C16H24ClN3/c1-4-7-20(12-16(2,3)11-19)10-14-6-5-13(9-18)8-15(14)17/h5-6,8H,4,7,10-12,19H2,1-3H3. The molecule has 0 radical (unpaired) electrons. The molecule has 2 N–H and O–H groups in total. The Morgan fingerprint density at radius 2 is 2.10 bits per heavy atom. The topological polar surface area (TPSA) is 53.0 Å². The first kappa shape index (κ1) is 17.0. The zero-order valence-electron chi connectivity index (χ0n) is 12.6. The Kier molecular flexibility index (Phi) is 6.48. The Morgan fingerprint density at radius 1 is 1.40 bits per heavy atom. The zero-order valence-corrected chi connectivity index (χ0v) is 13.4. The molecule has 0 amide bonds. The lowest BCUT2D eigenvalue weighted by atomic mass is 9.93. The lowest BCUT2D eigenvalue weighted by Crippen LogP contribution is -2.38. The van der Waals surface area contributed by atoms with Gasteiger partial charge >= 0.3 is 0 Å². The maximum Gasteiger partial charge on any atom is 0.0992 e. The molecule has 1 rings (SSSR count). The molecule has 0 aliphatic heterocycles. The van der Waals surface area contributed by atoms with E-state index >= 15 is 0 Å². The van der Waals surface area contributed by atoms with Gasteiger partial charge in [-0.2, -0.15) is 5.26 Å². The van der Waals surface area contributed by atoms with Gasteiger partial charge in [0.25, 0.3) is 0 Å². The van der Waals surface area contributed by atoms with Crippen molar-refractivity contribution in [1.82, 2.24) is 4.90 Å². The molecule has 0 atom stereocenters. The van der Waals surface area contributed by atoms with E-state index in [4.69, 9.17) is 22.6 Å². The van der Waals surface area contributed by atoms with Crippen LogP contribution in [0.1, 0.15) is 38.3 Å². The molecular formula is C16H24ClN3. The van der Waals surface area contributed by atoms with Crippen molar-refractivity contribution in [2.24, 2.45) is 11.1 Å². The molecule has 110 valence electrons. The van der Waals surface area contributed by atoms with Gasteiger partial charge in [-0.3, -0.25) is 4.90 Å². The van der Waals surface area contributed by atoms with Gasteiger partial charge in [0.15, 0.2) is 0 Å². The van der Waals surface area contributed by atoms with E-state index in [9.17, 15) is 0 Å². The van der Waals surface area contributed by atoms with Gasteiger partial charge in [-0.1, -0.05) is 38.4 Å². The Bertz CT molecular complexity index is 477. The molecule has 0 heterocycles. The molecule has 0 saturated carbocycles. The summed E-state index contributed by atoms with van der Waals surface area (Å²) in [5.41, 5.74) is 7.58. The highest BCUT2D eigenvalue weighted by molar-refractivity contribution is 6.31. The van der Waals surface area contributed by atoms with E-state index in [1.807, 2.05) is 12.1 Å². The predicted octanol–water partition coefficient (Wildman–Crippen LogP) is 3.41. The van der Waals surface area contributed by atoms with Gasteiger partial charge < -0.3 is 5.73 Å². The fourth-order valence-electron chi connectivity index (χ4n) is 2.19. The summed E-state index contributed by atoms with van der Waals surface area (Å²) < 4.78 is 0. The molecule has 0 unspecified atom stereocenters. The average Bonchev–Trinajstić information content (AvgIpc) is 2.41. The minimum Gasteiger partial charge on any atom is -0.330 e. The average molecular weight is 294 g/mol. The summed E-state index contributed by atoms with van der Waals surface area (Å²) >= 11 is 6.26. The van der Waals surface area contributed by atoms with Crippen LogP contribution in [0.5, 0.6) is 0 Å². The van der Waals surface area contributed by atoms with Crippen molar-refractivity contribution in [3.63, 3.8) is 0 Å². The molecule has 4 heteroatoms. The fourth-order valence-corrected chi connectivity index (χ4v) is 2.43. The summed E-state index contributed by atoms with van der Waals surface area (Å²) in [6.45, 7) is 9.93. The van der Waals surface area contributed by atoms with Crippen molar-refractivity contribution >= 4 is 11.6 Å². The van der Waals surface area contributed by atoms with Gasteiger partial charge in [0, 0.05) is 18.1 Å². The largest absolute Gasteiger partial charge is 0.330 e. The monoisotopic (exact) mass is 293 g/mol. The number of halogens is 1. The molecule has 0 spiro atoms. The highest BCUT2D eigenvalue weighted by Crippen LogP contribution is 2.22. The number of nitriles is 1. The maximum absolute atomic E-state index is 8.87.